The van der Waals surface area contributed by atoms with Gasteiger partial charge in [-0.15, -0.1) is 0 Å². The molecule has 0 saturated carbocycles. The summed E-state index contributed by atoms with van der Waals surface area (Å²) in [6, 6.07) is 8.24. The zero-order valence-corrected chi connectivity index (χ0v) is 18.5. The molecular formula is C23H26O11. The van der Waals surface area contributed by atoms with Crippen molar-refractivity contribution in [2.24, 2.45) is 0 Å². The predicted molar refractivity (Wildman–Crippen MR) is 115 cm³/mol. The topological polar surface area (TPSA) is 164 Å². The van der Waals surface area contributed by atoms with E-state index < -0.39 is 36.7 Å². The van der Waals surface area contributed by atoms with Gasteiger partial charge < -0.3 is 49.2 Å². The van der Waals surface area contributed by atoms with Crippen LogP contribution in [0.15, 0.2) is 30.3 Å². The molecule has 11 nitrogen and oxygen atoms in total. The maximum Gasteiger partial charge on any atom is 0.335 e. The van der Waals surface area contributed by atoms with E-state index in [2.05, 4.69) is 0 Å². The van der Waals surface area contributed by atoms with Gasteiger partial charge in [0.25, 0.3) is 0 Å². The van der Waals surface area contributed by atoms with E-state index in [1.54, 1.807) is 24.3 Å². The number of aromatic hydroxyl groups is 1. The van der Waals surface area contributed by atoms with Crippen LogP contribution in [-0.2, 0) is 16.0 Å². The lowest BCUT2D eigenvalue weighted by Crippen LogP contribution is -2.61. The van der Waals surface area contributed by atoms with Crippen molar-refractivity contribution in [2.75, 3.05) is 20.8 Å². The fourth-order valence-corrected chi connectivity index (χ4v) is 4.18. The number of carbonyl (C=O) groups is 1. The Bertz CT molecular complexity index is 1060. The summed E-state index contributed by atoms with van der Waals surface area (Å²) in [7, 11) is 2.82. The summed E-state index contributed by atoms with van der Waals surface area (Å²) in [4.78, 5) is 11.5. The Morgan fingerprint density at radius 1 is 1.00 bits per heavy atom. The van der Waals surface area contributed by atoms with E-state index >= 15 is 0 Å². The number of aliphatic hydroxyl groups is 3. The number of ether oxygens (including phenoxy) is 5. The lowest BCUT2D eigenvalue weighted by Gasteiger charge is -2.39. The van der Waals surface area contributed by atoms with Crippen molar-refractivity contribution in [2.45, 2.75) is 43.0 Å². The van der Waals surface area contributed by atoms with Crippen LogP contribution < -0.4 is 18.9 Å². The Kier molecular flexibility index (Phi) is 6.71. The SMILES string of the molecule is COc1ccc(C2COc3cc(O)ccc3C2)c(O[C@@H]2O[C@H](C(=O)O)[C@@H](O)[C@H](O)[C@H]2O)c1OC. The third kappa shape index (κ3) is 4.30. The molecule has 2 heterocycles. The molecule has 0 bridgehead atoms. The lowest BCUT2D eigenvalue weighted by molar-refractivity contribution is -0.271. The zero-order chi connectivity index (χ0) is 24.6. The Morgan fingerprint density at radius 2 is 1.76 bits per heavy atom. The fraction of sp³-hybridized carbons (Fsp3) is 0.435. The van der Waals surface area contributed by atoms with E-state index in [1.165, 1.54) is 20.3 Å². The van der Waals surface area contributed by atoms with E-state index in [-0.39, 0.29) is 29.8 Å². The number of fused-ring (bicyclic) bond motifs is 1. The monoisotopic (exact) mass is 478 g/mol. The van der Waals surface area contributed by atoms with E-state index in [1.807, 2.05) is 0 Å². The van der Waals surface area contributed by atoms with Crippen molar-refractivity contribution in [1.82, 2.24) is 0 Å². The van der Waals surface area contributed by atoms with Gasteiger partial charge in [-0.3, -0.25) is 0 Å². The van der Waals surface area contributed by atoms with Gasteiger partial charge in [0.1, 0.15) is 29.8 Å². The number of phenolic OH excluding ortho intramolecular Hbond substituents is 1. The number of aliphatic carboxylic acids is 1. The summed E-state index contributed by atoms with van der Waals surface area (Å²) in [6.07, 6.45) is -8.35. The molecule has 0 amide bonds. The van der Waals surface area contributed by atoms with Crippen LogP contribution in [0.5, 0.6) is 28.7 Å². The first kappa shape index (κ1) is 23.9. The second kappa shape index (κ2) is 9.55. The molecule has 0 spiro atoms. The van der Waals surface area contributed by atoms with Crippen molar-refractivity contribution in [3.05, 3.63) is 41.5 Å². The highest BCUT2D eigenvalue weighted by Gasteiger charge is 2.48. The standard InChI is InChI=1S/C23H26O11/c1-30-14-6-5-13(11-7-10-3-4-12(24)8-15(10)32-9-11)19(20(14)31-2)33-23-18(27)16(25)17(26)21(34-23)22(28)29/h3-6,8,11,16-18,21,23-27H,7,9H2,1-2H3,(H,28,29)/t11?,16-,17-,18+,21-,23+/m0/s1. The first-order chi connectivity index (χ1) is 16.2. The highest BCUT2D eigenvalue weighted by atomic mass is 16.7. The zero-order valence-electron chi connectivity index (χ0n) is 18.5. The molecule has 0 aliphatic carbocycles. The minimum atomic E-state index is -1.85. The van der Waals surface area contributed by atoms with Gasteiger partial charge in [0.05, 0.1) is 20.8 Å². The maximum atomic E-state index is 11.5. The van der Waals surface area contributed by atoms with Crippen LogP contribution in [0, 0.1) is 0 Å². The summed E-state index contributed by atoms with van der Waals surface area (Å²) in [5.41, 5.74) is 1.45. The molecule has 34 heavy (non-hydrogen) atoms. The smallest absolute Gasteiger partial charge is 0.335 e. The molecule has 2 aromatic rings. The highest BCUT2D eigenvalue weighted by Crippen LogP contribution is 2.46. The van der Waals surface area contributed by atoms with Crippen molar-refractivity contribution >= 4 is 5.97 Å². The van der Waals surface area contributed by atoms with Crippen LogP contribution in [0.3, 0.4) is 0 Å². The summed E-state index contributed by atoms with van der Waals surface area (Å²) in [5.74, 6) is -0.543. The predicted octanol–water partition coefficient (Wildman–Crippen LogP) is 0.399. The van der Waals surface area contributed by atoms with Crippen LogP contribution in [0.2, 0.25) is 0 Å². The van der Waals surface area contributed by atoms with Crippen molar-refractivity contribution in [3.8, 4) is 28.7 Å². The van der Waals surface area contributed by atoms with E-state index in [0.29, 0.717) is 23.5 Å². The molecule has 2 aromatic carbocycles. The highest BCUT2D eigenvalue weighted by molar-refractivity contribution is 5.73. The Labute approximate surface area is 194 Å². The Morgan fingerprint density at radius 3 is 2.44 bits per heavy atom. The van der Waals surface area contributed by atoms with Crippen molar-refractivity contribution < 1.29 is 54.0 Å². The Hall–Kier alpha value is -3.25. The molecule has 2 aliphatic heterocycles. The summed E-state index contributed by atoms with van der Waals surface area (Å²) in [6.45, 7) is 0.232. The van der Waals surface area contributed by atoms with E-state index in [4.69, 9.17) is 23.7 Å². The van der Waals surface area contributed by atoms with Gasteiger partial charge in [0, 0.05) is 17.5 Å². The van der Waals surface area contributed by atoms with Crippen LogP contribution in [-0.4, -0.2) is 83.0 Å². The van der Waals surface area contributed by atoms with Crippen LogP contribution in [0.4, 0.5) is 0 Å². The van der Waals surface area contributed by atoms with Gasteiger partial charge in [-0.25, -0.2) is 4.79 Å². The molecule has 1 fully saturated rings. The third-order valence-corrected chi connectivity index (χ3v) is 5.97. The number of methoxy groups -OCH3 is 2. The summed E-state index contributed by atoms with van der Waals surface area (Å²) >= 11 is 0. The largest absolute Gasteiger partial charge is 0.508 e. The van der Waals surface area contributed by atoms with Crippen molar-refractivity contribution in [1.29, 1.82) is 0 Å². The molecular weight excluding hydrogens is 452 g/mol. The second-order valence-corrected chi connectivity index (χ2v) is 8.08. The quantitative estimate of drug-likeness (QED) is 0.390. The van der Waals surface area contributed by atoms with Gasteiger partial charge in [-0.05, 0) is 24.1 Å². The van der Waals surface area contributed by atoms with Gasteiger partial charge in [0.2, 0.25) is 12.0 Å². The molecule has 5 N–H and O–H groups in total. The third-order valence-electron chi connectivity index (χ3n) is 5.97. The number of hydrogen-bond donors (Lipinski definition) is 5. The van der Waals surface area contributed by atoms with Crippen LogP contribution in [0.1, 0.15) is 17.0 Å². The van der Waals surface area contributed by atoms with Crippen LogP contribution >= 0.6 is 0 Å². The number of phenols is 1. The molecule has 0 radical (unpaired) electrons. The molecule has 6 atom stereocenters. The number of benzene rings is 2. The van der Waals surface area contributed by atoms with Gasteiger partial charge in [0.15, 0.2) is 17.6 Å². The molecule has 184 valence electrons. The lowest BCUT2D eigenvalue weighted by atomic mass is 9.89. The molecule has 11 heteroatoms. The fourth-order valence-electron chi connectivity index (χ4n) is 4.18. The average Bonchev–Trinajstić information content (AvgIpc) is 2.83. The molecule has 2 aliphatic rings. The number of hydrogen-bond acceptors (Lipinski definition) is 10. The average molecular weight is 478 g/mol. The molecule has 0 aromatic heterocycles. The maximum absolute atomic E-state index is 11.5. The van der Waals surface area contributed by atoms with E-state index in [0.717, 1.165) is 5.56 Å². The van der Waals surface area contributed by atoms with Gasteiger partial charge in [-0.2, -0.15) is 0 Å². The number of aliphatic hydroxyl groups excluding tert-OH is 3. The normalized spacial score (nSPS) is 28.4. The summed E-state index contributed by atoms with van der Waals surface area (Å²) in [5, 5.41) is 49.6. The first-order valence-electron chi connectivity index (χ1n) is 10.5. The van der Waals surface area contributed by atoms with Crippen molar-refractivity contribution in [3.63, 3.8) is 0 Å². The number of carboxylic acids is 1. The van der Waals surface area contributed by atoms with E-state index in [9.17, 15) is 30.3 Å². The van der Waals surface area contributed by atoms with Gasteiger partial charge in [-0.1, -0.05) is 12.1 Å². The molecule has 4 rings (SSSR count). The minimum Gasteiger partial charge on any atom is -0.508 e. The molecule has 1 unspecified atom stereocenters. The molecule has 1 saturated heterocycles. The van der Waals surface area contributed by atoms with Crippen LogP contribution in [0.25, 0.3) is 0 Å². The first-order valence-corrected chi connectivity index (χ1v) is 10.5. The van der Waals surface area contributed by atoms with Gasteiger partial charge >= 0.3 is 5.97 Å². The number of rotatable bonds is 6. The Balaban J connectivity index is 1.71. The second-order valence-electron chi connectivity index (χ2n) is 8.08. The minimum absolute atomic E-state index is 0.0875. The number of carboxylic acid groups (broad SMARTS) is 1. The summed E-state index contributed by atoms with van der Waals surface area (Å²) < 4.78 is 27.9.